The molecule has 7 heteroatoms. The number of rotatable bonds is 5. The lowest BCUT2D eigenvalue weighted by Gasteiger charge is -2.11. The number of alkyl halides is 3. The van der Waals surface area contributed by atoms with Crippen molar-refractivity contribution in [3.8, 4) is 11.1 Å². The molecule has 2 N–H and O–H groups in total. The van der Waals surface area contributed by atoms with E-state index in [0.717, 1.165) is 53.3 Å². The topological polar surface area (TPSA) is 56.7 Å². The van der Waals surface area contributed by atoms with E-state index in [9.17, 15) is 13.2 Å². The van der Waals surface area contributed by atoms with Crippen LogP contribution in [-0.4, -0.2) is 14.8 Å². The average molecular weight is 372 g/mol. The van der Waals surface area contributed by atoms with Gasteiger partial charge in [0.05, 0.1) is 18.7 Å². The van der Waals surface area contributed by atoms with E-state index >= 15 is 0 Å². The van der Waals surface area contributed by atoms with Gasteiger partial charge in [0.25, 0.3) is 0 Å². The van der Waals surface area contributed by atoms with Crippen LogP contribution in [-0.2, 0) is 19.3 Å². The maximum Gasteiger partial charge on any atom is 0.416 e. The first-order valence-corrected chi connectivity index (χ1v) is 8.84. The Balaban J connectivity index is 1.54. The van der Waals surface area contributed by atoms with E-state index in [-0.39, 0.29) is 0 Å². The summed E-state index contributed by atoms with van der Waals surface area (Å²) in [7, 11) is 0. The number of benzene rings is 2. The third kappa shape index (κ3) is 3.73. The molecule has 1 saturated carbocycles. The third-order valence-corrected chi connectivity index (χ3v) is 4.82. The van der Waals surface area contributed by atoms with Crippen molar-refractivity contribution in [1.82, 2.24) is 14.8 Å². The van der Waals surface area contributed by atoms with Crippen molar-refractivity contribution in [1.29, 1.82) is 0 Å². The number of halogens is 3. The first-order chi connectivity index (χ1) is 13.0. The Morgan fingerprint density at radius 1 is 0.926 bits per heavy atom. The molecule has 1 aliphatic rings. The zero-order valence-electron chi connectivity index (χ0n) is 14.6. The first kappa shape index (κ1) is 17.7. The van der Waals surface area contributed by atoms with E-state index in [1.54, 1.807) is 0 Å². The normalized spacial score (nSPS) is 14.5. The van der Waals surface area contributed by atoms with Gasteiger partial charge in [-0.3, -0.25) is 0 Å². The highest BCUT2D eigenvalue weighted by Crippen LogP contribution is 2.39. The Morgan fingerprint density at radius 3 is 2.04 bits per heavy atom. The van der Waals surface area contributed by atoms with Crippen LogP contribution in [0.25, 0.3) is 11.1 Å². The highest BCUT2D eigenvalue weighted by Gasteiger charge is 2.30. The van der Waals surface area contributed by atoms with Gasteiger partial charge in [-0.05, 0) is 41.7 Å². The molecule has 140 valence electrons. The fourth-order valence-corrected chi connectivity index (χ4v) is 3.15. The van der Waals surface area contributed by atoms with E-state index in [1.165, 1.54) is 12.1 Å². The van der Waals surface area contributed by atoms with Gasteiger partial charge in [0, 0.05) is 5.92 Å². The van der Waals surface area contributed by atoms with Gasteiger partial charge < -0.3 is 10.3 Å². The smallest absolute Gasteiger partial charge is 0.324 e. The Morgan fingerprint density at radius 2 is 1.52 bits per heavy atom. The Kier molecular flexibility index (Phi) is 4.47. The maximum atomic E-state index is 12.7. The minimum absolute atomic E-state index is 0.337. The summed E-state index contributed by atoms with van der Waals surface area (Å²) in [6.07, 6.45) is -2.05. The van der Waals surface area contributed by atoms with E-state index in [4.69, 9.17) is 5.73 Å². The molecule has 1 aliphatic carbocycles. The highest BCUT2D eigenvalue weighted by molar-refractivity contribution is 5.64. The molecule has 0 aliphatic heterocycles. The summed E-state index contributed by atoms with van der Waals surface area (Å²) in [4.78, 5) is 0. The van der Waals surface area contributed by atoms with Gasteiger partial charge in [0.15, 0.2) is 0 Å². The standard InChI is InChI=1S/C20H19F3N4/c21-20(22,23)17-9-7-15(8-10-17)14-3-1-13(2-4-14)12-27-18(11-24)25-26-19(27)16-5-6-16/h1-4,7-10,16H,5-6,11-12,24H2. The van der Waals surface area contributed by atoms with Gasteiger partial charge in [0.2, 0.25) is 0 Å². The first-order valence-electron chi connectivity index (χ1n) is 8.84. The molecule has 0 radical (unpaired) electrons. The molecule has 1 aromatic heterocycles. The molecule has 0 spiro atoms. The van der Waals surface area contributed by atoms with Crippen LogP contribution in [0.1, 0.15) is 41.5 Å². The van der Waals surface area contributed by atoms with E-state index < -0.39 is 11.7 Å². The third-order valence-electron chi connectivity index (χ3n) is 4.82. The Hall–Kier alpha value is -2.67. The minimum Gasteiger partial charge on any atom is -0.324 e. The fraction of sp³-hybridized carbons (Fsp3) is 0.300. The van der Waals surface area contributed by atoms with Gasteiger partial charge in [-0.1, -0.05) is 36.4 Å². The van der Waals surface area contributed by atoms with Crippen molar-refractivity contribution in [2.75, 3.05) is 0 Å². The quantitative estimate of drug-likeness (QED) is 0.724. The van der Waals surface area contributed by atoms with Crippen LogP contribution in [0.15, 0.2) is 48.5 Å². The van der Waals surface area contributed by atoms with Crippen molar-refractivity contribution in [2.24, 2.45) is 5.73 Å². The lowest BCUT2D eigenvalue weighted by Crippen LogP contribution is -2.11. The summed E-state index contributed by atoms with van der Waals surface area (Å²) in [6, 6.07) is 13.0. The van der Waals surface area contributed by atoms with Crippen LogP contribution in [0.3, 0.4) is 0 Å². The Labute approximate surface area is 154 Å². The van der Waals surface area contributed by atoms with Crippen LogP contribution in [0.4, 0.5) is 13.2 Å². The predicted octanol–water partition coefficient (Wildman–Crippen LogP) is 4.35. The van der Waals surface area contributed by atoms with Gasteiger partial charge in [-0.25, -0.2) is 0 Å². The largest absolute Gasteiger partial charge is 0.416 e. The highest BCUT2D eigenvalue weighted by atomic mass is 19.4. The zero-order valence-corrected chi connectivity index (χ0v) is 14.6. The second kappa shape index (κ2) is 6.81. The van der Waals surface area contributed by atoms with E-state index in [0.29, 0.717) is 19.0 Å². The van der Waals surface area contributed by atoms with Gasteiger partial charge in [0.1, 0.15) is 11.6 Å². The number of nitrogens with two attached hydrogens (primary N) is 1. The van der Waals surface area contributed by atoms with Crippen molar-refractivity contribution in [3.63, 3.8) is 0 Å². The SMILES string of the molecule is NCc1nnc(C2CC2)n1Cc1ccc(-c2ccc(C(F)(F)F)cc2)cc1. The second-order valence-electron chi connectivity index (χ2n) is 6.81. The van der Waals surface area contributed by atoms with Crippen molar-refractivity contribution >= 4 is 0 Å². The molecule has 0 saturated heterocycles. The lowest BCUT2D eigenvalue weighted by molar-refractivity contribution is -0.137. The molecule has 0 bridgehead atoms. The molecule has 2 aromatic carbocycles. The maximum absolute atomic E-state index is 12.7. The molecule has 3 aromatic rings. The Bertz CT molecular complexity index is 923. The number of hydrogen-bond acceptors (Lipinski definition) is 3. The second-order valence-corrected chi connectivity index (χ2v) is 6.81. The minimum atomic E-state index is -4.32. The molecule has 4 rings (SSSR count). The van der Waals surface area contributed by atoms with Gasteiger partial charge >= 0.3 is 6.18 Å². The number of aromatic nitrogens is 3. The van der Waals surface area contributed by atoms with Crippen molar-refractivity contribution in [3.05, 3.63) is 71.3 Å². The molecule has 1 fully saturated rings. The van der Waals surface area contributed by atoms with Crippen LogP contribution in [0.2, 0.25) is 0 Å². The summed E-state index contributed by atoms with van der Waals surface area (Å²) in [6.45, 7) is 0.974. The lowest BCUT2D eigenvalue weighted by atomic mass is 10.0. The number of hydrogen-bond donors (Lipinski definition) is 1. The van der Waals surface area contributed by atoms with E-state index in [2.05, 4.69) is 14.8 Å². The molecule has 0 atom stereocenters. The van der Waals surface area contributed by atoms with Crippen LogP contribution in [0, 0.1) is 0 Å². The molecule has 1 heterocycles. The number of nitrogens with zero attached hydrogens (tertiary/aromatic N) is 3. The van der Waals surface area contributed by atoms with E-state index in [1.807, 2.05) is 24.3 Å². The van der Waals surface area contributed by atoms with Crippen molar-refractivity contribution < 1.29 is 13.2 Å². The van der Waals surface area contributed by atoms with Crippen LogP contribution in [0.5, 0.6) is 0 Å². The molecule has 0 unspecified atom stereocenters. The predicted molar refractivity (Wildman–Crippen MR) is 95.9 cm³/mol. The van der Waals surface area contributed by atoms with Gasteiger partial charge in [-0.15, -0.1) is 10.2 Å². The molecule has 27 heavy (non-hydrogen) atoms. The molecule has 0 amide bonds. The molecular formula is C20H19F3N4. The summed E-state index contributed by atoms with van der Waals surface area (Å²) >= 11 is 0. The zero-order chi connectivity index (χ0) is 19.0. The van der Waals surface area contributed by atoms with Gasteiger partial charge in [-0.2, -0.15) is 13.2 Å². The van der Waals surface area contributed by atoms with Crippen LogP contribution >= 0.6 is 0 Å². The monoisotopic (exact) mass is 372 g/mol. The summed E-state index contributed by atoms with van der Waals surface area (Å²) in [5.74, 6) is 2.23. The summed E-state index contributed by atoms with van der Waals surface area (Å²) < 4.78 is 40.1. The molecule has 4 nitrogen and oxygen atoms in total. The van der Waals surface area contributed by atoms with Crippen LogP contribution < -0.4 is 5.73 Å². The van der Waals surface area contributed by atoms with Crippen molar-refractivity contribution in [2.45, 2.75) is 38.0 Å². The summed E-state index contributed by atoms with van der Waals surface area (Å²) in [5.41, 5.74) is 7.83. The fourth-order valence-electron chi connectivity index (χ4n) is 3.15. The summed E-state index contributed by atoms with van der Waals surface area (Å²) in [5, 5.41) is 8.46. The molecular weight excluding hydrogens is 353 g/mol. The average Bonchev–Trinajstić information content (AvgIpc) is 3.43.